The van der Waals surface area contributed by atoms with Gasteiger partial charge in [-0.05, 0) is 18.4 Å². The van der Waals surface area contributed by atoms with Crippen molar-refractivity contribution in [3.63, 3.8) is 0 Å². The molecule has 1 aliphatic carbocycles. The summed E-state index contributed by atoms with van der Waals surface area (Å²) >= 11 is 5.16. The standard InChI is InChI=1S/C17H21N3S/c18-16(21)15-9-5-4-8-14(15)12-20-11-10-19-17(20)13-6-2-1-3-7-13/h4-5,8-11,13H,1-3,6-7,12H2,(H2,18,21). The fraction of sp³-hybridized carbons (Fsp3) is 0.412. The SMILES string of the molecule is NC(=S)c1ccccc1Cn1ccnc1C1CCCCC1. The van der Waals surface area contributed by atoms with Crippen LogP contribution in [0.25, 0.3) is 0 Å². The highest BCUT2D eigenvalue weighted by molar-refractivity contribution is 7.80. The van der Waals surface area contributed by atoms with Crippen LogP contribution in [0.3, 0.4) is 0 Å². The van der Waals surface area contributed by atoms with Crippen molar-refractivity contribution in [2.45, 2.75) is 44.6 Å². The predicted molar refractivity (Wildman–Crippen MR) is 89.5 cm³/mol. The topological polar surface area (TPSA) is 43.8 Å². The van der Waals surface area contributed by atoms with E-state index in [0.717, 1.165) is 12.1 Å². The van der Waals surface area contributed by atoms with Crippen molar-refractivity contribution in [3.05, 3.63) is 53.6 Å². The Hall–Kier alpha value is -1.68. The summed E-state index contributed by atoms with van der Waals surface area (Å²) in [6, 6.07) is 8.11. The van der Waals surface area contributed by atoms with Gasteiger partial charge in [0, 0.05) is 30.4 Å². The molecule has 3 nitrogen and oxygen atoms in total. The maximum atomic E-state index is 5.83. The molecule has 0 atom stereocenters. The van der Waals surface area contributed by atoms with Crippen molar-refractivity contribution >= 4 is 17.2 Å². The highest BCUT2D eigenvalue weighted by atomic mass is 32.1. The van der Waals surface area contributed by atoms with Gasteiger partial charge >= 0.3 is 0 Å². The first-order valence-electron chi connectivity index (χ1n) is 7.64. The third-order valence-corrected chi connectivity index (χ3v) is 4.56. The van der Waals surface area contributed by atoms with Crippen LogP contribution in [0.5, 0.6) is 0 Å². The summed E-state index contributed by atoms with van der Waals surface area (Å²) in [5, 5.41) is 0. The Morgan fingerprint density at radius 2 is 2.00 bits per heavy atom. The Labute approximate surface area is 131 Å². The van der Waals surface area contributed by atoms with Crippen LogP contribution in [-0.2, 0) is 6.54 Å². The Bertz CT molecular complexity index is 626. The van der Waals surface area contributed by atoms with Gasteiger partial charge in [0.15, 0.2) is 0 Å². The van der Waals surface area contributed by atoms with Gasteiger partial charge in [-0.3, -0.25) is 0 Å². The average Bonchev–Trinajstić information content (AvgIpc) is 2.96. The molecule has 3 rings (SSSR count). The maximum Gasteiger partial charge on any atom is 0.112 e. The van der Waals surface area contributed by atoms with Crippen LogP contribution >= 0.6 is 12.2 Å². The van der Waals surface area contributed by atoms with Gasteiger partial charge in [-0.1, -0.05) is 55.7 Å². The Kier molecular flexibility index (Phi) is 4.34. The van der Waals surface area contributed by atoms with Crippen LogP contribution in [0.15, 0.2) is 36.7 Å². The van der Waals surface area contributed by atoms with E-state index in [1.807, 2.05) is 24.4 Å². The molecule has 1 fully saturated rings. The maximum absolute atomic E-state index is 5.83. The van der Waals surface area contributed by atoms with Crippen LogP contribution < -0.4 is 5.73 Å². The second-order valence-electron chi connectivity index (χ2n) is 5.77. The minimum atomic E-state index is 0.463. The van der Waals surface area contributed by atoms with Crippen LogP contribution in [-0.4, -0.2) is 14.5 Å². The minimum absolute atomic E-state index is 0.463. The smallest absolute Gasteiger partial charge is 0.112 e. The molecule has 2 N–H and O–H groups in total. The molecule has 1 heterocycles. The number of rotatable bonds is 4. The largest absolute Gasteiger partial charge is 0.389 e. The number of thiocarbonyl (C=S) groups is 1. The van der Waals surface area contributed by atoms with E-state index in [4.69, 9.17) is 18.0 Å². The molecule has 0 amide bonds. The molecule has 0 saturated heterocycles. The summed E-state index contributed by atoms with van der Waals surface area (Å²) in [5.41, 5.74) is 7.97. The number of aromatic nitrogens is 2. The van der Waals surface area contributed by atoms with Gasteiger partial charge in [0.25, 0.3) is 0 Å². The molecule has 0 unspecified atom stereocenters. The summed E-state index contributed by atoms with van der Waals surface area (Å²) in [6.45, 7) is 0.791. The number of nitrogens with two attached hydrogens (primary N) is 1. The molecule has 4 heteroatoms. The van der Waals surface area contributed by atoms with Crippen molar-refractivity contribution in [1.82, 2.24) is 9.55 Å². The second-order valence-corrected chi connectivity index (χ2v) is 6.21. The highest BCUT2D eigenvalue weighted by Crippen LogP contribution is 2.31. The Balaban J connectivity index is 1.86. The molecule has 0 bridgehead atoms. The Morgan fingerprint density at radius 3 is 2.76 bits per heavy atom. The monoisotopic (exact) mass is 299 g/mol. The third-order valence-electron chi connectivity index (χ3n) is 4.34. The fourth-order valence-electron chi connectivity index (χ4n) is 3.26. The van der Waals surface area contributed by atoms with E-state index < -0.39 is 0 Å². The van der Waals surface area contributed by atoms with Crippen molar-refractivity contribution < 1.29 is 0 Å². The van der Waals surface area contributed by atoms with Gasteiger partial charge in [-0.25, -0.2) is 4.98 Å². The third kappa shape index (κ3) is 3.16. The average molecular weight is 299 g/mol. The van der Waals surface area contributed by atoms with Gasteiger partial charge < -0.3 is 10.3 Å². The van der Waals surface area contributed by atoms with E-state index >= 15 is 0 Å². The van der Waals surface area contributed by atoms with E-state index in [2.05, 4.69) is 21.8 Å². The number of imidazole rings is 1. The van der Waals surface area contributed by atoms with E-state index in [0.29, 0.717) is 10.9 Å². The van der Waals surface area contributed by atoms with Crippen molar-refractivity contribution in [2.24, 2.45) is 5.73 Å². The fourth-order valence-corrected chi connectivity index (χ4v) is 3.46. The zero-order valence-electron chi connectivity index (χ0n) is 12.2. The first kappa shape index (κ1) is 14.3. The summed E-state index contributed by atoms with van der Waals surface area (Å²) in [4.78, 5) is 5.07. The van der Waals surface area contributed by atoms with E-state index in [9.17, 15) is 0 Å². The first-order chi connectivity index (χ1) is 10.3. The van der Waals surface area contributed by atoms with E-state index in [1.54, 1.807) is 0 Å². The van der Waals surface area contributed by atoms with Crippen molar-refractivity contribution in [3.8, 4) is 0 Å². The van der Waals surface area contributed by atoms with Gasteiger partial charge in [-0.15, -0.1) is 0 Å². The number of hydrogen-bond acceptors (Lipinski definition) is 2. The second kappa shape index (κ2) is 6.39. The molecular formula is C17H21N3S. The van der Waals surface area contributed by atoms with E-state index in [1.165, 1.54) is 43.5 Å². The van der Waals surface area contributed by atoms with Gasteiger partial charge in [0.2, 0.25) is 0 Å². The molecule has 0 radical (unpaired) electrons. The lowest BCUT2D eigenvalue weighted by atomic mass is 9.88. The van der Waals surface area contributed by atoms with Crippen molar-refractivity contribution in [2.75, 3.05) is 0 Å². The van der Waals surface area contributed by atoms with Crippen LogP contribution in [0, 0.1) is 0 Å². The molecule has 0 aliphatic heterocycles. The summed E-state index contributed by atoms with van der Waals surface area (Å²) in [6.07, 6.45) is 10.5. The lowest BCUT2D eigenvalue weighted by Gasteiger charge is -2.22. The Morgan fingerprint density at radius 1 is 1.24 bits per heavy atom. The van der Waals surface area contributed by atoms with Gasteiger partial charge in [0.1, 0.15) is 10.8 Å². The molecule has 1 aromatic carbocycles. The molecular weight excluding hydrogens is 278 g/mol. The molecule has 1 aromatic heterocycles. The predicted octanol–water partition coefficient (Wildman–Crippen LogP) is 3.61. The van der Waals surface area contributed by atoms with Crippen LogP contribution in [0.4, 0.5) is 0 Å². The zero-order valence-corrected chi connectivity index (χ0v) is 13.0. The number of benzene rings is 1. The van der Waals surface area contributed by atoms with E-state index in [-0.39, 0.29) is 0 Å². The van der Waals surface area contributed by atoms with Gasteiger partial charge in [0.05, 0.1) is 0 Å². The van der Waals surface area contributed by atoms with Crippen molar-refractivity contribution in [1.29, 1.82) is 0 Å². The molecule has 2 aromatic rings. The number of nitrogens with zero attached hydrogens (tertiary/aromatic N) is 2. The quantitative estimate of drug-likeness (QED) is 0.877. The molecule has 1 saturated carbocycles. The van der Waals surface area contributed by atoms with Crippen LogP contribution in [0.1, 0.15) is 55.0 Å². The molecule has 110 valence electrons. The van der Waals surface area contributed by atoms with Gasteiger partial charge in [-0.2, -0.15) is 0 Å². The molecule has 0 spiro atoms. The normalized spacial score (nSPS) is 16.0. The summed E-state index contributed by atoms with van der Waals surface area (Å²) in [7, 11) is 0. The lowest BCUT2D eigenvalue weighted by Crippen LogP contribution is -2.16. The summed E-state index contributed by atoms with van der Waals surface area (Å²) < 4.78 is 2.26. The zero-order chi connectivity index (χ0) is 14.7. The lowest BCUT2D eigenvalue weighted by molar-refractivity contribution is 0.418. The molecule has 21 heavy (non-hydrogen) atoms. The first-order valence-corrected chi connectivity index (χ1v) is 8.05. The minimum Gasteiger partial charge on any atom is -0.389 e. The van der Waals surface area contributed by atoms with Crippen LogP contribution in [0.2, 0.25) is 0 Å². The highest BCUT2D eigenvalue weighted by Gasteiger charge is 2.20. The summed E-state index contributed by atoms with van der Waals surface area (Å²) in [5.74, 6) is 1.82. The number of hydrogen-bond donors (Lipinski definition) is 1. The molecule has 1 aliphatic rings.